The van der Waals surface area contributed by atoms with E-state index in [9.17, 15) is 0 Å². The SMILES string of the molecule is c1cc2[nH]ncc2cc1NC1CC2CCC(C1)O2. The maximum absolute atomic E-state index is 5.87. The van der Waals surface area contributed by atoms with E-state index in [1.165, 1.54) is 18.5 Å². The molecule has 0 amide bonds. The van der Waals surface area contributed by atoms with Crippen molar-refractivity contribution in [3.63, 3.8) is 0 Å². The predicted octanol–water partition coefficient (Wildman–Crippen LogP) is 2.68. The quantitative estimate of drug-likeness (QED) is 0.852. The molecule has 2 aliphatic rings. The minimum atomic E-state index is 0.485. The Morgan fingerprint density at radius 2 is 2.06 bits per heavy atom. The molecule has 3 heterocycles. The van der Waals surface area contributed by atoms with Gasteiger partial charge in [-0.2, -0.15) is 5.10 Å². The van der Waals surface area contributed by atoms with Gasteiger partial charge >= 0.3 is 0 Å². The van der Waals surface area contributed by atoms with Crippen molar-refractivity contribution >= 4 is 16.6 Å². The standard InChI is InChI=1S/C14H17N3O/c1-4-14-9(8-15-17-14)5-10(1)16-11-6-12-2-3-13(7-11)18-12/h1,4-5,8,11-13,16H,2-3,6-7H2,(H,15,17). The van der Waals surface area contributed by atoms with Gasteiger partial charge in [-0.05, 0) is 43.9 Å². The van der Waals surface area contributed by atoms with Gasteiger partial charge in [0.15, 0.2) is 0 Å². The van der Waals surface area contributed by atoms with Crippen LogP contribution in [-0.2, 0) is 4.74 Å². The fourth-order valence-corrected chi connectivity index (χ4v) is 3.24. The summed E-state index contributed by atoms with van der Waals surface area (Å²) in [5, 5.41) is 11.8. The third-order valence-corrected chi connectivity index (χ3v) is 4.10. The fourth-order valence-electron chi connectivity index (χ4n) is 3.24. The lowest BCUT2D eigenvalue weighted by atomic mass is 10.0. The van der Waals surface area contributed by atoms with Gasteiger partial charge in [-0.3, -0.25) is 5.10 Å². The second-order valence-corrected chi connectivity index (χ2v) is 5.44. The lowest BCUT2D eigenvalue weighted by Gasteiger charge is -2.29. The van der Waals surface area contributed by atoms with Crippen LogP contribution in [0.25, 0.3) is 10.9 Å². The zero-order valence-corrected chi connectivity index (χ0v) is 10.2. The molecule has 2 aromatic rings. The van der Waals surface area contributed by atoms with Crippen LogP contribution in [0.1, 0.15) is 25.7 Å². The number of aromatic amines is 1. The number of hydrogen-bond donors (Lipinski definition) is 2. The highest BCUT2D eigenvalue weighted by Crippen LogP contribution is 2.34. The average molecular weight is 243 g/mol. The Bertz CT molecular complexity index is 553. The van der Waals surface area contributed by atoms with Crippen molar-refractivity contribution in [1.29, 1.82) is 0 Å². The molecule has 4 rings (SSSR count). The smallest absolute Gasteiger partial charge is 0.0651 e. The maximum atomic E-state index is 5.87. The molecule has 0 saturated carbocycles. The number of hydrogen-bond acceptors (Lipinski definition) is 3. The van der Waals surface area contributed by atoms with E-state index in [0.29, 0.717) is 18.2 Å². The van der Waals surface area contributed by atoms with Crippen LogP contribution >= 0.6 is 0 Å². The van der Waals surface area contributed by atoms with Gasteiger partial charge in [0.2, 0.25) is 0 Å². The van der Waals surface area contributed by atoms with E-state index in [-0.39, 0.29) is 0 Å². The van der Waals surface area contributed by atoms with Crippen molar-refractivity contribution in [3.8, 4) is 0 Å². The molecule has 2 aliphatic heterocycles. The van der Waals surface area contributed by atoms with Crippen molar-refractivity contribution in [2.24, 2.45) is 0 Å². The van der Waals surface area contributed by atoms with Gasteiger partial charge in [-0.25, -0.2) is 0 Å². The van der Waals surface area contributed by atoms with Gasteiger partial charge in [-0.1, -0.05) is 0 Å². The van der Waals surface area contributed by atoms with Crippen molar-refractivity contribution in [3.05, 3.63) is 24.4 Å². The number of rotatable bonds is 2. The first kappa shape index (κ1) is 10.4. The molecular formula is C14H17N3O. The summed E-state index contributed by atoms with van der Waals surface area (Å²) in [7, 11) is 0. The lowest BCUT2D eigenvalue weighted by Crippen LogP contribution is -2.33. The van der Waals surface area contributed by atoms with Crippen LogP contribution in [0.2, 0.25) is 0 Å². The number of ether oxygens (including phenoxy) is 1. The van der Waals surface area contributed by atoms with Gasteiger partial charge in [0, 0.05) is 17.1 Å². The Labute approximate surface area is 106 Å². The Kier molecular flexibility index (Phi) is 2.30. The highest BCUT2D eigenvalue weighted by atomic mass is 16.5. The summed E-state index contributed by atoms with van der Waals surface area (Å²) in [6.45, 7) is 0. The molecule has 1 aromatic heterocycles. The molecule has 2 unspecified atom stereocenters. The summed E-state index contributed by atoms with van der Waals surface area (Å²) in [4.78, 5) is 0. The van der Waals surface area contributed by atoms with Crippen molar-refractivity contribution in [1.82, 2.24) is 10.2 Å². The van der Waals surface area contributed by atoms with Crippen LogP contribution in [0, 0.1) is 0 Å². The second-order valence-electron chi connectivity index (χ2n) is 5.44. The summed E-state index contributed by atoms with van der Waals surface area (Å²) in [6, 6.07) is 6.92. The summed E-state index contributed by atoms with van der Waals surface area (Å²) >= 11 is 0. The number of nitrogens with one attached hydrogen (secondary N) is 2. The Morgan fingerprint density at radius 1 is 1.22 bits per heavy atom. The first-order valence-corrected chi connectivity index (χ1v) is 6.72. The predicted molar refractivity (Wildman–Crippen MR) is 70.6 cm³/mol. The Morgan fingerprint density at radius 3 is 2.89 bits per heavy atom. The van der Waals surface area contributed by atoms with Gasteiger partial charge in [0.1, 0.15) is 0 Å². The third-order valence-electron chi connectivity index (χ3n) is 4.10. The molecule has 1 aromatic carbocycles. The van der Waals surface area contributed by atoms with E-state index >= 15 is 0 Å². The first-order valence-electron chi connectivity index (χ1n) is 6.72. The molecule has 2 saturated heterocycles. The minimum Gasteiger partial charge on any atom is -0.382 e. The minimum absolute atomic E-state index is 0.485. The maximum Gasteiger partial charge on any atom is 0.0651 e. The van der Waals surface area contributed by atoms with Crippen molar-refractivity contribution in [2.75, 3.05) is 5.32 Å². The van der Waals surface area contributed by atoms with E-state index in [2.05, 4.69) is 33.7 Å². The number of H-pyrrole nitrogens is 1. The zero-order chi connectivity index (χ0) is 11.9. The molecule has 0 aliphatic carbocycles. The van der Waals surface area contributed by atoms with E-state index in [4.69, 9.17) is 4.74 Å². The lowest BCUT2D eigenvalue weighted by molar-refractivity contribution is 0.000707. The van der Waals surface area contributed by atoms with Crippen LogP contribution in [0.3, 0.4) is 0 Å². The van der Waals surface area contributed by atoms with Crippen molar-refractivity contribution < 1.29 is 4.74 Å². The molecule has 18 heavy (non-hydrogen) atoms. The van der Waals surface area contributed by atoms with Crippen LogP contribution < -0.4 is 5.32 Å². The molecule has 2 bridgehead atoms. The summed E-state index contributed by atoms with van der Waals surface area (Å²) in [6.07, 6.45) is 7.60. The second kappa shape index (κ2) is 3.99. The van der Waals surface area contributed by atoms with E-state index < -0.39 is 0 Å². The summed E-state index contributed by atoms with van der Waals surface area (Å²) in [5.74, 6) is 0. The van der Waals surface area contributed by atoms with E-state index in [0.717, 1.165) is 23.7 Å². The summed E-state index contributed by atoms with van der Waals surface area (Å²) < 4.78 is 5.87. The van der Waals surface area contributed by atoms with Crippen LogP contribution in [0.15, 0.2) is 24.4 Å². The molecule has 94 valence electrons. The number of fused-ring (bicyclic) bond motifs is 3. The fraction of sp³-hybridized carbons (Fsp3) is 0.500. The molecule has 2 N–H and O–H groups in total. The highest BCUT2D eigenvalue weighted by Gasteiger charge is 2.34. The average Bonchev–Trinajstić information content (AvgIpc) is 2.95. The molecule has 0 spiro atoms. The van der Waals surface area contributed by atoms with Gasteiger partial charge in [0.25, 0.3) is 0 Å². The highest BCUT2D eigenvalue weighted by molar-refractivity contribution is 5.81. The van der Waals surface area contributed by atoms with Gasteiger partial charge < -0.3 is 10.1 Å². The Balaban J connectivity index is 1.53. The molecule has 4 heteroatoms. The van der Waals surface area contributed by atoms with Crippen molar-refractivity contribution in [2.45, 2.75) is 43.9 Å². The zero-order valence-electron chi connectivity index (χ0n) is 10.2. The molecule has 0 radical (unpaired) electrons. The van der Waals surface area contributed by atoms with Gasteiger partial charge in [-0.15, -0.1) is 0 Å². The monoisotopic (exact) mass is 243 g/mol. The topological polar surface area (TPSA) is 49.9 Å². The molecule has 4 nitrogen and oxygen atoms in total. The molecule has 2 atom stereocenters. The first-order chi connectivity index (χ1) is 8.87. The third kappa shape index (κ3) is 1.77. The largest absolute Gasteiger partial charge is 0.382 e. The molecular weight excluding hydrogens is 226 g/mol. The van der Waals surface area contributed by atoms with Crippen LogP contribution in [-0.4, -0.2) is 28.4 Å². The van der Waals surface area contributed by atoms with E-state index in [1.807, 2.05) is 6.20 Å². The number of anilines is 1. The van der Waals surface area contributed by atoms with Gasteiger partial charge in [0.05, 0.1) is 23.9 Å². The Hall–Kier alpha value is -1.55. The normalized spacial score (nSPS) is 30.8. The summed E-state index contributed by atoms with van der Waals surface area (Å²) in [5.41, 5.74) is 2.28. The van der Waals surface area contributed by atoms with Crippen LogP contribution in [0.5, 0.6) is 0 Å². The number of benzene rings is 1. The number of nitrogens with zero attached hydrogens (tertiary/aromatic N) is 1. The van der Waals surface area contributed by atoms with Crippen LogP contribution in [0.4, 0.5) is 5.69 Å². The van der Waals surface area contributed by atoms with E-state index in [1.54, 1.807) is 0 Å². The number of aromatic nitrogens is 2. The molecule has 2 fully saturated rings.